The molecule has 0 unspecified atom stereocenters. The SMILES string of the molecule is COC(=O)c1occc1CNCCNC(=O)N(C)C. The van der Waals surface area contributed by atoms with E-state index in [2.05, 4.69) is 15.4 Å². The van der Waals surface area contributed by atoms with Crippen LogP contribution in [0, 0.1) is 0 Å². The monoisotopic (exact) mass is 269 g/mol. The second-order valence-electron chi connectivity index (χ2n) is 4.07. The minimum atomic E-state index is -0.497. The fourth-order valence-corrected chi connectivity index (χ4v) is 1.39. The van der Waals surface area contributed by atoms with Gasteiger partial charge in [0.2, 0.25) is 5.76 Å². The summed E-state index contributed by atoms with van der Waals surface area (Å²) in [6.45, 7) is 1.56. The van der Waals surface area contributed by atoms with Crippen molar-refractivity contribution in [3.8, 4) is 0 Å². The highest BCUT2D eigenvalue weighted by Gasteiger charge is 2.14. The van der Waals surface area contributed by atoms with Crippen LogP contribution >= 0.6 is 0 Å². The third-order valence-electron chi connectivity index (χ3n) is 2.42. The molecule has 2 N–H and O–H groups in total. The molecule has 1 aromatic heterocycles. The summed E-state index contributed by atoms with van der Waals surface area (Å²) in [5, 5.41) is 5.82. The van der Waals surface area contributed by atoms with Gasteiger partial charge in [0, 0.05) is 39.3 Å². The van der Waals surface area contributed by atoms with Gasteiger partial charge in [0.25, 0.3) is 0 Å². The van der Waals surface area contributed by atoms with E-state index < -0.39 is 5.97 Å². The highest BCUT2D eigenvalue weighted by molar-refractivity contribution is 5.87. The van der Waals surface area contributed by atoms with Crippen LogP contribution in [0.4, 0.5) is 4.79 Å². The summed E-state index contributed by atoms with van der Waals surface area (Å²) < 4.78 is 9.65. The molecule has 1 heterocycles. The fraction of sp³-hybridized carbons (Fsp3) is 0.500. The number of nitrogens with one attached hydrogen (secondary N) is 2. The number of urea groups is 1. The van der Waals surface area contributed by atoms with Crippen molar-refractivity contribution in [2.24, 2.45) is 0 Å². The third-order valence-corrected chi connectivity index (χ3v) is 2.42. The molecular weight excluding hydrogens is 250 g/mol. The molecule has 0 aromatic carbocycles. The van der Waals surface area contributed by atoms with Gasteiger partial charge < -0.3 is 24.7 Å². The number of ether oxygens (including phenoxy) is 1. The number of hydrogen-bond acceptors (Lipinski definition) is 5. The van der Waals surface area contributed by atoms with Crippen molar-refractivity contribution < 1.29 is 18.7 Å². The van der Waals surface area contributed by atoms with Gasteiger partial charge in [0.05, 0.1) is 13.4 Å². The number of furan rings is 1. The molecule has 0 atom stereocenters. The fourth-order valence-electron chi connectivity index (χ4n) is 1.39. The number of methoxy groups -OCH3 is 1. The first kappa shape index (κ1) is 15.0. The molecule has 0 saturated carbocycles. The maximum absolute atomic E-state index is 11.3. The minimum Gasteiger partial charge on any atom is -0.463 e. The lowest BCUT2D eigenvalue weighted by molar-refractivity contribution is 0.0563. The van der Waals surface area contributed by atoms with Gasteiger partial charge in [-0.3, -0.25) is 0 Å². The van der Waals surface area contributed by atoms with E-state index in [1.807, 2.05) is 0 Å². The molecule has 0 saturated heterocycles. The smallest absolute Gasteiger partial charge is 0.374 e. The second-order valence-corrected chi connectivity index (χ2v) is 4.07. The Balaban J connectivity index is 2.28. The molecule has 0 bridgehead atoms. The zero-order valence-corrected chi connectivity index (χ0v) is 11.4. The molecule has 0 aliphatic carbocycles. The first-order valence-corrected chi connectivity index (χ1v) is 5.86. The van der Waals surface area contributed by atoms with E-state index in [9.17, 15) is 9.59 Å². The average molecular weight is 269 g/mol. The maximum atomic E-state index is 11.3. The van der Waals surface area contributed by atoms with Crippen molar-refractivity contribution in [2.45, 2.75) is 6.54 Å². The molecule has 7 nitrogen and oxygen atoms in total. The molecule has 1 aromatic rings. The van der Waals surface area contributed by atoms with Gasteiger partial charge in [-0.25, -0.2) is 9.59 Å². The highest BCUT2D eigenvalue weighted by atomic mass is 16.5. The second kappa shape index (κ2) is 7.42. The number of amides is 2. The van der Waals surface area contributed by atoms with E-state index in [-0.39, 0.29) is 11.8 Å². The van der Waals surface area contributed by atoms with Gasteiger partial charge in [0.15, 0.2) is 0 Å². The first-order chi connectivity index (χ1) is 9.06. The Bertz CT molecular complexity index is 428. The van der Waals surface area contributed by atoms with Crippen LogP contribution in [0.25, 0.3) is 0 Å². The average Bonchev–Trinajstić information content (AvgIpc) is 2.85. The third kappa shape index (κ3) is 4.63. The Morgan fingerprint density at radius 1 is 1.37 bits per heavy atom. The lowest BCUT2D eigenvalue weighted by atomic mass is 10.2. The normalized spacial score (nSPS) is 10.1. The lowest BCUT2D eigenvalue weighted by Crippen LogP contribution is -2.38. The van der Waals surface area contributed by atoms with E-state index in [1.165, 1.54) is 18.3 Å². The van der Waals surface area contributed by atoms with Crippen LogP contribution in [0.1, 0.15) is 16.1 Å². The van der Waals surface area contributed by atoms with Crippen LogP contribution < -0.4 is 10.6 Å². The Labute approximate surface area is 111 Å². The van der Waals surface area contributed by atoms with E-state index in [0.717, 1.165) is 5.56 Å². The molecule has 0 aliphatic rings. The van der Waals surface area contributed by atoms with Gasteiger partial charge in [-0.05, 0) is 6.07 Å². The summed E-state index contributed by atoms with van der Waals surface area (Å²) in [5.74, 6) is -0.296. The Morgan fingerprint density at radius 2 is 2.11 bits per heavy atom. The number of esters is 1. The maximum Gasteiger partial charge on any atom is 0.374 e. The molecule has 0 radical (unpaired) electrons. The standard InChI is InChI=1S/C12H19N3O4/c1-15(2)12(17)14-6-5-13-8-9-4-7-19-10(9)11(16)18-3/h4,7,13H,5-6,8H2,1-3H3,(H,14,17). The Morgan fingerprint density at radius 3 is 2.74 bits per heavy atom. The van der Waals surface area contributed by atoms with Gasteiger partial charge in [-0.15, -0.1) is 0 Å². The van der Waals surface area contributed by atoms with Gasteiger partial charge in [0.1, 0.15) is 0 Å². The van der Waals surface area contributed by atoms with Crippen LogP contribution in [0.2, 0.25) is 0 Å². The predicted molar refractivity (Wildman–Crippen MR) is 68.8 cm³/mol. The Kier molecular flexibility index (Phi) is 5.87. The molecule has 0 fully saturated rings. The summed E-state index contributed by atoms with van der Waals surface area (Å²) in [7, 11) is 4.66. The van der Waals surface area contributed by atoms with E-state index in [4.69, 9.17) is 4.42 Å². The van der Waals surface area contributed by atoms with Crippen LogP contribution in [-0.4, -0.2) is 51.2 Å². The Hall–Kier alpha value is -2.02. The molecular formula is C12H19N3O4. The van der Waals surface area contributed by atoms with E-state index in [1.54, 1.807) is 20.2 Å². The largest absolute Gasteiger partial charge is 0.463 e. The molecule has 7 heteroatoms. The number of carbonyl (C=O) groups is 2. The van der Waals surface area contributed by atoms with Crippen LogP contribution in [0.5, 0.6) is 0 Å². The summed E-state index contributed by atoms with van der Waals surface area (Å²) in [6, 6.07) is 1.57. The molecule has 19 heavy (non-hydrogen) atoms. The first-order valence-electron chi connectivity index (χ1n) is 5.86. The zero-order chi connectivity index (χ0) is 14.3. The predicted octanol–water partition coefficient (Wildman–Crippen LogP) is 0.427. The van der Waals surface area contributed by atoms with Crippen LogP contribution in [-0.2, 0) is 11.3 Å². The minimum absolute atomic E-state index is 0.139. The molecule has 2 amide bonds. The van der Waals surface area contributed by atoms with Gasteiger partial charge in [-0.1, -0.05) is 0 Å². The zero-order valence-electron chi connectivity index (χ0n) is 11.4. The van der Waals surface area contributed by atoms with Crippen molar-refractivity contribution in [2.75, 3.05) is 34.3 Å². The summed E-state index contributed by atoms with van der Waals surface area (Å²) in [4.78, 5) is 24.0. The summed E-state index contributed by atoms with van der Waals surface area (Å²) >= 11 is 0. The van der Waals surface area contributed by atoms with Crippen molar-refractivity contribution in [1.82, 2.24) is 15.5 Å². The molecule has 1 rings (SSSR count). The van der Waals surface area contributed by atoms with Gasteiger partial charge >= 0.3 is 12.0 Å². The van der Waals surface area contributed by atoms with E-state index in [0.29, 0.717) is 19.6 Å². The number of rotatable bonds is 6. The van der Waals surface area contributed by atoms with Crippen molar-refractivity contribution in [3.05, 3.63) is 23.7 Å². The van der Waals surface area contributed by atoms with Crippen molar-refractivity contribution in [3.63, 3.8) is 0 Å². The van der Waals surface area contributed by atoms with Crippen LogP contribution in [0.3, 0.4) is 0 Å². The number of hydrogen-bond donors (Lipinski definition) is 2. The van der Waals surface area contributed by atoms with Crippen LogP contribution in [0.15, 0.2) is 16.7 Å². The molecule has 106 valence electrons. The highest BCUT2D eigenvalue weighted by Crippen LogP contribution is 2.11. The molecule has 0 spiro atoms. The lowest BCUT2D eigenvalue weighted by Gasteiger charge is -2.12. The van der Waals surface area contributed by atoms with E-state index >= 15 is 0 Å². The van der Waals surface area contributed by atoms with Crippen molar-refractivity contribution >= 4 is 12.0 Å². The van der Waals surface area contributed by atoms with Gasteiger partial charge in [-0.2, -0.15) is 0 Å². The van der Waals surface area contributed by atoms with Crippen molar-refractivity contribution in [1.29, 1.82) is 0 Å². The topological polar surface area (TPSA) is 83.8 Å². The summed E-state index contributed by atoms with van der Waals surface area (Å²) in [5.41, 5.74) is 0.728. The summed E-state index contributed by atoms with van der Waals surface area (Å²) in [6.07, 6.45) is 1.44. The quantitative estimate of drug-likeness (QED) is 0.578. The number of nitrogens with zero attached hydrogens (tertiary/aromatic N) is 1. The molecule has 0 aliphatic heterocycles. The number of carbonyl (C=O) groups excluding carboxylic acids is 2.